The number of unbranched alkanes of at least 4 members (excludes halogenated alkanes) is 20. The average molecular weight is 605 g/mol. The molecule has 0 aliphatic carbocycles. The lowest BCUT2D eigenvalue weighted by atomic mass is 10.0. The summed E-state index contributed by atoms with van der Waals surface area (Å²) in [6.45, 7) is 3.98. The molecule has 0 aromatic heterocycles. The molecule has 0 heterocycles. The highest BCUT2D eigenvalue weighted by atomic mass is 16.6. The van der Waals surface area contributed by atoms with Gasteiger partial charge in [0, 0.05) is 12.8 Å². The van der Waals surface area contributed by atoms with E-state index in [0.29, 0.717) is 12.8 Å². The van der Waals surface area contributed by atoms with Crippen molar-refractivity contribution >= 4 is 11.9 Å². The summed E-state index contributed by atoms with van der Waals surface area (Å²) in [7, 11) is 0. The van der Waals surface area contributed by atoms with E-state index in [9.17, 15) is 14.7 Å². The van der Waals surface area contributed by atoms with Crippen molar-refractivity contribution in [2.75, 3.05) is 13.2 Å². The molecule has 0 aromatic carbocycles. The van der Waals surface area contributed by atoms with E-state index >= 15 is 0 Å². The van der Waals surface area contributed by atoms with Crippen LogP contribution in [-0.4, -0.2) is 36.4 Å². The minimum Gasteiger partial charge on any atom is -0.462 e. The highest BCUT2D eigenvalue weighted by Gasteiger charge is 2.16. The fourth-order valence-electron chi connectivity index (χ4n) is 5.02. The molecule has 0 aliphatic rings. The van der Waals surface area contributed by atoms with Gasteiger partial charge in [0.1, 0.15) is 6.61 Å². The van der Waals surface area contributed by atoms with Gasteiger partial charge in [-0.2, -0.15) is 0 Å². The second-order valence-electron chi connectivity index (χ2n) is 12.0. The molecule has 0 spiro atoms. The van der Waals surface area contributed by atoms with Crippen LogP contribution in [0.25, 0.3) is 0 Å². The summed E-state index contributed by atoms with van der Waals surface area (Å²) in [5, 5.41) is 9.52. The van der Waals surface area contributed by atoms with Crippen molar-refractivity contribution in [3.63, 3.8) is 0 Å². The predicted molar refractivity (Wildman–Crippen MR) is 182 cm³/mol. The van der Waals surface area contributed by atoms with Gasteiger partial charge in [0.25, 0.3) is 0 Å². The molecule has 1 N–H and O–H groups in total. The second-order valence-corrected chi connectivity index (χ2v) is 12.0. The van der Waals surface area contributed by atoms with Gasteiger partial charge in [-0.15, -0.1) is 0 Å². The first-order chi connectivity index (χ1) is 21.1. The Morgan fingerprint density at radius 2 is 1.00 bits per heavy atom. The molecule has 0 amide bonds. The van der Waals surface area contributed by atoms with E-state index in [-0.39, 0.29) is 25.2 Å². The van der Waals surface area contributed by atoms with E-state index in [1.54, 1.807) is 0 Å². The fourth-order valence-corrected chi connectivity index (χ4v) is 5.02. The Balaban J connectivity index is 3.57. The van der Waals surface area contributed by atoms with E-state index in [2.05, 4.69) is 44.2 Å². The van der Waals surface area contributed by atoms with Gasteiger partial charge < -0.3 is 14.6 Å². The van der Waals surface area contributed by atoms with Crippen molar-refractivity contribution in [1.29, 1.82) is 0 Å². The number of hydrogen-bond acceptors (Lipinski definition) is 5. The Hall–Kier alpha value is -1.88. The van der Waals surface area contributed by atoms with Crippen LogP contribution in [0.3, 0.4) is 0 Å². The molecule has 5 heteroatoms. The summed E-state index contributed by atoms with van der Waals surface area (Å²) in [4.78, 5) is 24.2. The maximum atomic E-state index is 12.1. The van der Waals surface area contributed by atoms with E-state index in [1.807, 2.05) is 6.08 Å². The Kier molecular flexibility index (Phi) is 33.1. The molecule has 250 valence electrons. The SMILES string of the molecule is CC/C=C/C=C/C=C/CCCCCCCC(=O)OCC(CO)OC(=O)CCCCCCCCCCCCCCCCCC. The second kappa shape index (κ2) is 34.6. The van der Waals surface area contributed by atoms with Crippen LogP contribution in [0.5, 0.6) is 0 Å². The quantitative estimate of drug-likeness (QED) is 0.0470. The van der Waals surface area contributed by atoms with Crippen LogP contribution in [-0.2, 0) is 19.1 Å². The molecule has 0 fully saturated rings. The summed E-state index contributed by atoms with van der Waals surface area (Å²) < 4.78 is 10.6. The molecule has 1 atom stereocenters. The lowest BCUT2D eigenvalue weighted by molar-refractivity contribution is -0.161. The molecule has 0 saturated heterocycles. The van der Waals surface area contributed by atoms with E-state index in [4.69, 9.17) is 9.47 Å². The Morgan fingerprint density at radius 1 is 0.558 bits per heavy atom. The van der Waals surface area contributed by atoms with Crippen LogP contribution in [0.4, 0.5) is 0 Å². The zero-order valence-electron chi connectivity index (χ0n) is 28.2. The summed E-state index contributed by atoms with van der Waals surface area (Å²) in [5.41, 5.74) is 0. The number of allylic oxidation sites excluding steroid dienone is 6. The van der Waals surface area contributed by atoms with Crippen molar-refractivity contribution in [3.8, 4) is 0 Å². The molecular formula is C38H68O5. The molecule has 0 aliphatic heterocycles. The van der Waals surface area contributed by atoms with Crippen LogP contribution >= 0.6 is 0 Å². The monoisotopic (exact) mass is 605 g/mol. The third-order valence-corrected chi connectivity index (χ3v) is 7.76. The molecule has 0 aromatic rings. The smallest absolute Gasteiger partial charge is 0.306 e. The molecule has 1 unspecified atom stereocenters. The topological polar surface area (TPSA) is 72.8 Å². The Labute approximate surface area is 266 Å². The third-order valence-electron chi connectivity index (χ3n) is 7.76. The van der Waals surface area contributed by atoms with Gasteiger partial charge in [0.15, 0.2) is 6.10 Å². The fraction of sp³-hybridized carbons (Fsp3) is 0.789. The summed E-state index contributed by atoms with van der Waals surface area (Å²) in [5.74, 6) is -0.612. The van der Waals surface area contributed by atoms with Crippen molar-refractivity contribution in [2.45, 2.75) is 180 Å². The molecule has 43 heavy (non-hydrogen) atoms. The number of carbonyl (C=O) groups excluding carboxylic acids is 2. The lowest BCUT2D eigenvalue weighted by Crippen LogP contribution is -2.28. The molecular weight excluding hydrogens is 536 g/mol. The summed E-state index contributed by atoms with van der Waals surface area (Å²) in [6, 6.07) is 0. The van der Waals surface area contributed by atoms with E-state index in [0.717, 1.165) is 64.2 Å². The maximum Gasteiger partial charge on any atom is 0.306 e. The zero-order valence-corrected chi connectivity index (χ0v) is 28.2. The number of ether oxygens (including phenoxy) is 2. The highest BCUT2D eigenvalue weighted by molar-refractivity contribution is 5.70. The zero-order chi connectivity index (χ0) is 31.5. The first kappa shape index (κ1) is 41.1. The van der Waals surface area contributed by atoms with E-state index < -0.39 is 6.10 Å². The maximum absolute atomic E-state index is 12.1. The number of hydrogen-bond donors (Lipinski definition) is 1. The normalized spacial score (nSPS) is 12.5. The molecule has 0 radical (unpaired) electrons. The van der Waals surface area contributed by atoms with Crippen LogP contribution in [0.2, 0.25) is 0 Å². The third kappa shape index (κ3) is 32.9. The van der Waals surface area contributed by atoms with Crippen LogP contribution in [0, 0.1) is 0 Å². The van der Waals surface area contributed by atoms with Gasteiger partial charge in [-0.25, -0.2) is 0 Å². The largest absolute Gasteiger partial charge is 0.462 e. The Bertz CT molecular complexity index is 696. The minimum absolute atomic E-state index is 0.0744. The van der Waals surface area contributed by atoms with Gasteiger partial charge in [0.05, 0.1) is 6.61 Å². The average Bonchev–Trinajstić information content (AvgIpc) is 3.01. The number of rotatable bonds is 32. The highest BCUT2D eigenvalue weighted by Crippen LogP contribution is 2.14. The van der Waals surface area contributed by atoms with Crippen LogP contribution < -0.4 is 0 Å². The number of esters is 2. The van der Waals surface area contributed by atoms with Crippen LogP contribution in [0.1, 0.15) is 174 Å². The standard InChI is InChI=1S/C38H68O5/c1-3-5-7-9-11-13-15-17-18-19-21-23-25-27-29-31-33-38(41)43-36(34-39)35-42-37(40)32-30-28-26-24-22-20-16-14-12-10-8-6-4-2/h6,8,10,12,14,16,36,39H,3-5,7,9,11,13,15,17-35H2,1-2H3/b8-6+,12-10+,16-14+. The van der Waals surface area contributed by atoms with Crippen molar-refractivity contribution in [1.82, 2.24) is 0 Å². The van der Waals surface area contributed by atoms with Crippen LogP contribution in [0.15, 0.2) is 36.5 Å². The number of aliphatic hydroxyl groups excluding tert-OH is 1. The predicted octanol–water partition coefficient (Wildman–Crippen LogP) is 10.9. The first-order valence-electron chi connectivity index (χ1n) is 18.1. The van der Waals surface area contributed by atoms with Crippen molar-refractivity contribution < 1.29 is 24.2 Å². The van der Waals surface area contributed by atoms with Crippen molar-refractivity contribution in [2.24, 2.45) is 0 Å². The molecule has 0 bridgehead atoms. The molecule has 0 rings (SSSR count). The number of carbonyl (C=O) groups is 2. The van der Waals surface area contributed by atoms with Gasteiger partial charge in [-0.3, -0.25) is 9.59 Å². The minimum atomic E-state index is -0.775. The van der Waals surface area contributed by atoms with Gasteiger partial charge in [-0.05, 0) is 32.1 Å². The van der Waals surface area contributed by atoms with E-state index in [1.165, 1.54) is 83.5 Å². The van der Waals surface area contributed by atoms with Crippen molar-refractivity contribution in [3.05, 3.63) is 36.5 Å². The summed E-state index contributed by atoms with van der Waals surface area (Å²) in [6.07, 6.45) is 40.6. The molecule has 0 saturated carbocycles. The Morgan fingerprint density at radius 3 is 1.49 bits per heavy atom. The van der Waals surface area contributed by atoms with Gasteiger partial charge in [-0.1, -0.05) is 166 Å². The lowest BCUT2D eigenvalue weighted by Gasteiger charge is -2.15. The van der Waals surface area contributed by atoms with Gasteiger partial charge >= 0.3 is 11.9 Å². The van der Waals surface area contributed by atoms with Gasteiger partial charge in [0.2, 0.25) is 0 Å². The number of aliphatic hydroxyl groups is 1. The molecule has 5 nitrogen and oxygen atoms in total. The summed E-state index contributed by atoms with van der Waals surface area (Å²) >= 11 is 0. The first-order valence-corrected chi connectivity index (χ1v) is 18.1.